The number of amides is 1. The van der Waals surface area contributed by atoms with Crippen molar-refractivity contribution in [3.8, 4) is 11.5 Å². The largest absolute Gasteiger partial charge is 0.486 e. The lowest BCUT2D eigenvalue weighted by atomic mass is 10.2. The minimum Gasteiger partial charge on any atom is -0.486 e. The fraction of sp³-hybridized carbons (Fsp3) is 0.316. The SMILES string of the molecule is Cc1cc(C(=O)N(Cc2nccs2)C[C@H]2COc3ccccc3O2)n(C)n1. The number of rotatable bonds is 5. The predicted octanol–water partition coefficient (Wildman–Crippen LogP) is 2.67. The van der Waals surface area contributed by atoms with Crippen LogP contribution in [0, 0.1) is 6.92 Å². The van der Waals surface area contributed by atoms with Gasteiger partial charge in [0.05, 0.1) is 18.8 Å². The molecule has 0 unspecified atom stereocenters. The quantitative estimate of drug-likeness (QED) is 0.676. The van der Waals surface area contributed by atoms with E-state index in [4.69, 9.17) is 9.47 Å². The van der Waals surface area contributed by atoms with Gasteiger partial charge in [0.2, 0.25) is 0 Å². The topological polar surface area (TPSA) is 69.5 Å². The zero-order valence-electron chi connectivity index (χ0n) is 15.2. The summed E-state index contributed by atoms with van der Waals surface area (Å²) < 4.78 is 13.4. The molecule has 1 amide bonds. The van der Waals surface area contributed by atoms with E-state index in [2.05, 4.69) is 10.1 Å². The number of nitrogens with zero attached hydrogens (tertiary/aromatic N) is 4. The first-order chi connectivity index (χ1) is 13.1. The van der Waals surface area contributed by atoms with Gasteiger partial charge in [-0.25, -0.2) is 4.98 Å². The van der Waals surface area contributed by atoms with Crippen LogP contribution < -0.4 is 9.47 Å². The number of para-hydroxylation sites is 2. The number of benzene rings is 1. The first kappa shape index (κ1) is 17.5. The molecule has 2 aromatic heterocycles. The maximum Gasteiger partial charge on any atom is 0.272 e. The molecule has 0 saturated heterocycles. The van der Waals surface area contributed by atoms with Crippen LogP contribution in [0.5, 0.6) is 11.5 Å². The van der Waals surface area contributed by atoms with E-state index in [1.807, 2.05) is 36.6 Å². The molecule has 1 atom stereocenters. The van der Waals surface area contributed by atoms with Crippen LogP contribution in [-0.2, 0) is 13.6 Å². The second-order valence-corrected chi connectivity index (χ2v) is 7.38. The third-order valence-electron chi connectivity index (χ3n) is 4.31. The summed E-state index contributed by atoms with van der Waals surface area (Å²) in [6.45, 7) is 3.08. The number of ether oxygens (including phenoxy) is 2. The summed E-state index contributed by atoms with van der Waals surface area (Å²) >= 11 is 1.52. The number of fused-ring (bicyclic) bond motifs is 1. The highest BCUT2D eigenvalue weighted by molar-refractivity contribution is 7.09. The van der Waals surface area contributed by atoms with Crippen LogP contribution in [-0.4, -0.2) is 44.8 Å². The summed E-state index contributed by atoms with van der Waals surface area (Å²) in [5, 5.41) is 7.07. The van der Waals surface area contributed by atoms with Gasteiger partial charge in [-0.1, -0.05) is 12.1 Å². The van der Waals surface area contributed by atoms with Gasteiger partial charge in [0.1, 0.15) is 17.3 Å². The molecule has 7 nitrogen and oxygen atoms in total. The van der Waals surface area contributed by atoms with E-state index < -0.39 is 0 Å². The Bertz CT molecular complexity index is 938. The van der Waals surface area contributed by atoms with Crippen molar-refractivity contribution in [2.75, 3.05) is 13.2 Å². The summed E-state index contributed by atoms with van der Waals surface area (Å²) in [4.78, 5) is 19.2. The Balaban J connectivity index is 1.55. The van der Waals surface area contributed by atoms with Crippen molar-refractivity contribution in [1.82, 2.24) is 19.7 Å². The summed E-state index contributed by atoms with van der Waals surface area (Å²) in [6.07, 6.45) is 1.49. The van der Waals surface area contributed by atoms with Gasteiger partial charge < -0.3 is 14.4 Å². The molecular weight excluding hydrogens is 364 g/mol. The zero-order valence-corrected chi connectivity index (χ0v) is 16.0. The molecular formula is C19H20N4O3S. The molecule has 0 N–H and O–H groups in total. The summed E-state index contributed by atoms with van der Waals surface area (Å²) in [6, 6.07) is 9.36. The molecule has 1 aromatic carbocycles. The minimum atomic E-state index is -0.252. The minimum absolute atomic E-state index is 0.101. The number of aryl methyl sites for hydroxylation is 2. The Morgan fingerprint density at radius 1 is 1.37 bits per heavy atom. The normalized spacial score (nSPS) is 15.6. The summed E-state index contributed by atoms with van der Waals surface area (Å²) in [5.41, 5.74) is 1.35. The van der Waals surface area contributed by atoms with Crippen LogP contribution in [0.2, 0.25) is 0 Å². The molecule has 0 saturated carbocycles. The second kappa shape index (κ2) is 7.40. The van der Waals surface area contributed by atoms with Crippen molar-refractivity contribution < 1.29 is 14.3 Å². The van der Waals surface area contributed by atoms with Crippen LogP contribution in [0.3, 0.4) is 0 Å². The fourth-order valence-corrected chi connectivity index (χ4v) is 3.72. The van der Waals surface area contributed by atoms with Crippen molar-refractivity contribution in [3.63, 3.8) is 0 Å². The number of hydrogen-bond donors (Lipinski definition) is 0. The molecule has 4 rings (SSSR count). The lowest BCUT2D eigenvalue weighted by Crippen LogP contribution is -2.43. The van der Waals surface area contributed by atoms with Crippen LogP contribution in [0.4, 0.5) is 0 Å². The van der Waals surface area contributed by atoms with E-state index in [-0.39, 0.29) is 12.0 Å². The van der Waals surface area contributed by atoms with Gasteiger partial charge in [-0.15, -0.1) is 11.3 Å². The number of aromatic nitrogens is 3. The Hall–Kier alpha value is -2.87. The van der Waals surface area contributed by atoms with Gasteiger partial charge in [-0.05, 0) is 25.1 Å². The average molecular weight is 384 g/mol. The first-order valence-electron chi connectivity index (χ1n) is 8.67. The highest BCUT2D eigenvalue weighted by Gasteiger charge is 2.28. The Morgan fingerprint density at radius 2 is 2.19 bits per heavy atom. The van der Waals surface area contributed by atoms with Gasteiger partial charge in [-0.3, -0.25) is 9.48 Å². The number of hydrogen-bond acceptors (Lipinski definition) is 6. The van der Waals surface area contributed by atoms with Crippen molar-refractivity contribution in [3.05, 3.63) is 58.3 Å². The molecule has 0 aliphatic carbocycles. The van der Waals surface area contributed by atoms with Crippen LogP contribution >= 0.6 is 11.3 Å². The molecule has 0 fully saturated rings. The van der Waals surface area contributed by atoms with E-state index in [0.29, 0.717) is 31.1 Å². The molecule has 1 aliphatic rings. The number of thiazole rings is 1. The monoisotopic (exact) mass is 384 g/mol. The van der Waals surface area contributed by atoms with Gasteiger partial charge in [-0.2, -0.15) is 5.10 Å². The molecule has 27 heavy (non-hydrogen) atoms. The molecule has 3 aromatic rings. The molecule has 0 spiro atoms. The van der Waals surface area contributed by atoms with E-state index in [1.165, 1.54) is 11.3 Å². The van der Waals surface area contributed by atoms with E-state index in [9.17, 15) is 4.79 Å². The van der Waals surface area contributed by atoms with Crippen molar-refractivity contribution in [2.45, 2.75) is 19.6 Å². The van der Waals surface area contributed by atoms with Gasteiger partial charge in [0.25, 0.3) is 5.91 Å². The Labute approximate surface area is 161 Å². The lowest BCUT2D eigenvalue weighted by Gasteiger charge is -2.31. The molecule has 1 aliphatic heterocycles. The average Bonchev–Trinajstić information content (AvgIpc) is 3.29. The zero-order chi connectivity index (χ0) is 18.8. The van der Waals surface area contributed by atoms with Gasteiger partial charge in [0, 0.05) is 18.6 Å². The van der Waals surface area contributed by atoms with E-state index in [1.54, 1.807) is 28.9 Å². The Morgan fingerprint density at radius 3 is 2.89 bits per heavy atom. The third kappa shape index (κ3) is 3.80. The second-order valence-electron chi connectivity index (χ2n) is 6.40. The molecule has 0 radical (unpaired) electrons. The molecule has 8 heteroatoms. The summed E-state index contributed by atoms with van der Waals surface area (Å²) in [7, 11) is 1.78. The van der Waals surface area contributed by atoms with Crippen molar-refractivity contribution >= 4 is 17.2 Å². The smallest absolute Gasteiger partial charge is 0.272 e. The van der Waals surface area contributed by atoms with Crippen LogP contribution in [0.1, 0.15) is 21.2 Å². The molecule has 140 valence electrons. The Kier molecular flexibility index (Phi) is 4.81. The first-order valence-corrected chi connectivity index (χ1v) is 9.55. The van der Waals surface area contributed by atoms with Crippen molar-refractivity contribution in [1.29, 1.82) is 0 Å². The summed E-state index contributed by atoms with van der Waals surface area (Å²) in [5.74, 6) is 1.33. The van der Waals surface area contributed by atoms with Crippen LogP contribution in [0.25, 0.3) is 0 Å². The molecule has 0 bridgehead atoms. The van der Waals surface area contributed by atoms with Gasteiger partial charge >= 0.3 is 0 Å². The lowest BCUT2D eigenvalue weighted by molar-refractivity contribution is 0.0437. The van der Waals surface area contributed by atoms with Gasteiger partial charge in [0.15, 0.2) is 17.6 Å². The van der Waals surface area contributed by atoms with E-state index >= 15 is 0 Å². The standard InChI is InChI=1S/C19H20N4O3S/c1-13-9-15(22(2)21-13)19(24)23(11-18-20-7-8-27-18)10-14-12-25-16-5-3-4-6-17(16)26-14/h3-9,14H,10-12H2,1-2H3/t14-/m0/s1. The maximum atomic E-state index is 13.2. The number of carbonyl (C=O) groups excluding carboxylic acids is 1. The predicted molar refractivity (Wildman–Crippen MR) is 101 cm³/mol. The van der Waals surface area contributed by atoms with E-state index in [0.717, 1.165) is 16.5 Å². The highest BCUT2D eigenvalue weighted by Crippen LogP contribution is 2.31. The van der Waals surface area contributed by atoms with Crippen LogP contribution in [0.15, 0.2) is 41.9 Å². The maximum absolute atomic E-state index is 13.2. The molecule has 3 heterocycles. The van der Waals surface area contributed by atoms with Crippen molar-refractivity contribution in [2.24, 2.45) is 7.05 Å². The third-order valence-corrected chi connectivity index (χ3v) is 5.07. The number of carbonyl (C=O) groups is 1. The highest BCUT2D eigenvalue weighted by atomic mass is 32.1. The fourth-order valence-electron chi connectivity index (χ4n) is 3.09.